The van der Waals surface area contributed by atoms with E-state index in [0.29, 0.717) is 29.0 Å². The fourth-order valence-electron chi connectivity index (χ4n) is 5.11. The molecule has 0 fully saturated rings. The van der Waals surface area contributed by atoms with Crippen LogP contribution in [0.3, 0.4) is 0 Å². The van der Waals surface area contributed by atoms with Crippen LogP contribution in [0.25, 0.3) is 22.1 Å². The SMILES string of the molecule is COc1ccc(CCOc2ccc(C3CC(=O)Oc4cc(O)c5c(=O)c(-c6ccccc6)coc5c43)cc2)cc1. The molecule has 7 heteroatoms. The van der Waals surface area contributed by atoms with Crippen molar-refractivity contribution in [2.75, 3.05) is 13.7 Å². The Labute approximate surface area is 230 Å². The lowest BCUT2D eigenvalue weighted by atomic mass is 9.85. The summed E-state index contributed by atoms with van der Waals surface area (Å²) >= 11 is 0. The predicted molar refractivity (Wildman–Crippen MR) is 150 cm³/mol. The third-order valence-electron chi connectivity index (χ3n) is 7.16. The number of phenolic OH excluding ortho intramolecular Hbond substituents is 1. The molecule has 0 amide bonds. The summed E-state index contributed by atoms with van der Waals surface area (Å²) in [4.78, 5) is 26.0. The molecule has 5 aromatic rings. The van der Waals surface area contributed by atoms with Gasteiger partial charge in [0.1, 0.15) is 40.2 Å². The second-order valence-corrected chi connectivity index (χ2v) is 9.60. The maximum atomic E-state index is 13.5. The van der Waals surface area contributed by atoms with Crippen LogP contribution in [-0.4, -0.2) is 24.8 Å². The Hall–Kier alpha value is -5.04. The molecule has 200 valence electrons. The molecule has 1 N–H and O–H groups in total. The summed E-state index contributed by atoms with van der Waals surface area (Å²) in [5.74, 6) is 0.534. The Morgan fingerprint density at radius 3 is 2.38 bits per heavy atom. The predicted octanol–water partition coefficient (Wildman–Crippen LogP) is 6.24. The van der Waals surface area contributed by atoms with Crippen molar-refractivity contribution < 1.29 is 28.5 Å². The van der Waals surface area contributed by atoms with Gasteiger partial charge in [-0.25, -0.2) is 0 Å². The maximum absolute atomic E-state index is 13.5. The maximum Gasteiger partial charge on any atom is 0.312 e. The first-order valence-corrected chi connectivity index (χ1v) is 12.9. The molecule has 6 rings (SSSR count). The van der Waals surface area contributed by atoms with Gasteiger partial charge in [-0.05, 0) is 41.0 Å². The first-order valence-electron chi connectivity index (χ1n) is 12.9. The molecular weight excluding hydrogens is 508 g/mol. The number of aromatic hydroxyl groups is 1. The number of benzene rings is 4. The van der Waals surface area contributed by atoms with E-state index in [9.17, 15) is 14.7 Å². The van der Waals surface area contributed by atoms with Gasteiger partial charge in [0.15, 0.2) is 0 Å². The third kappa shape index (κ3) is 4.78. The zero-order valence-corrected chi connectivity index (χ0v) is 21.8. The first kappa shape index (κ1) is 25.2. The molecule has 1 atom stereocenters. The zero-order valence-electron chi connectivity index (χ0n) is 21.8. The highest BCUT2D eigenvalue weighted by molar-refractivity contribution is 5.94. The molecule has 7 nitrogen and oxygen atoms in total. The van der Waals surface area contributed by atoms with E-state index in [1.54, 1.807) is 19.2 Å². The highest BCUT2D eigenvalue weighted by Gasteiger charge is 2.33. The van der Waals surface area contributed by atoms with Crippen LogP contribution < -0.4 is 19.6 Å². The molecule has 1 aromatic heterocycles. The molecule has 0 saturated heterocycles. The van der Waals surface area contributed by atoms with Crippen molar-refractivity contribution in [1.82, 2.24) is 0 Å². The van der Waals surface area contributed by atoms with Crippen LogP contribution in [0.1, 0.15) is 29.0 Å². The molecular formula is C33H26O7. The first-order chi connectivity index (χ1) is 19.5. The lowest BCUT2D eigenvalue weighted by Gasteiger charge is -2.26. The molecule has 2 heterocycles. The van der Waals surface area contributed by atoms with Gasteiger partial charge in [-0.2, -0.15) is 0 Å². The minimum absolute atomic E-state index is 0.0570. The van der Waals surface area contributed by atoms with E-state index in [-0.39, 0.29) is 34.3 Å². The molecule has 0 bridgehead atoms. The molecule has 40 heavy (non-hydrogen) atoms. The van der Waals surface area contributed by atoms with Crippen LogP contribution in [0.5, 0.6) is 23.0 Å². The van der Waals surface area contributed by atoms with Crippen LogP contribution in [0.4, 0.5) is 0 Å². The average Bonchev–Trinajstić information content (AvgIpc) is 2.98. The number of esters is 1. The van der Waals surface area contributed by atoms with Crippen molar-refractivity contribution in [3.05, 3.63) is 118 Å². The van der Waals surface area contributed by atoms with E-state index in [1.807, 2.05) is 66.7 Å². The number of rotatable bonds is 7. The number of methoxy groups -OCH3 is 1. The van der Waals surface area contributed by atoms with Gasteiger partial charge in [0.2, 0.25) is 5.43 Å². The largest absolute Gasteiger partial charge is 0.507 e. The second kappa shape index (κ2) is 10.6. The fourth-order valence-corrected chi connectivity index (χ4v) is 5.11. The molecule has 0 saturated carbocycles. The normalized spacial score (nSPS) is 14.4. The van der Waals surface area contributed by atoms with Gasteiger partial charge in [0.25, 0.3) is 0 Å². The zero-order chi connectivity index (χ0) is 27.6. The number of phenols is 1. The van der Waals surface area contributed by atoms with Crippen LogP contribution in [0.15, 0.2) is 100 Å². The van der Waals surface area contributed by atoms with Gasteiger partial charge in [0, 0.05) is 24.0 Å². The van der Waals surface area contributed by atoms with Gasteiger partial charge in [-0.15, -0.1) is 0 Å². The summed E-state index contributed by atoms with van der Waals surface area (Å²) < 4.78 is 22.6. The topological polar surface area (TPSA) is 95.2 Å². The molecule has 1 aliphatic heterocycles. The van der Waals surface area contributed by atoms with E-state index in [1.165, 1.54) is 12.3 Å². The molecule has 0 aliphatic carbocycles. The summed E-state index contributed by atoms with van der Waals surface area (Å²) in [7, 11) is 1.64. The quantitative estimate of drug-likeness (QED) is 0.195. The monoisotopic (exact) mass is 534 g/mol. The van der Waals surface area contributed by atoms with E-state index in [4.69, 9.17) is 18.6 Å². The van der Waals surface area contributed by atoms with Crippen LogP contribution in [0, 0.1) is 0 Å². The second-order valence-electron chi connectivity index (χ2n) is 9.60. The highest BCUT2D eigenvalue weighted by atomic mass is 16.5. The standard InChI is InChI=1S/C33H26O7/c1-37-23-11-7-20(8-12-23)15-16-38-24-13-9-22(10-14-24)25-17-29(35)40-28-18-27(34)31-32(36)26(19-39-33(31)30(25)28)21-5-3-2-4-6-21/h2-14,18-19,25,34H,15-17H2,1H3. The van der Waals surface area contributed by atoms with Crippen molar-refractivity contribution in [2.24, 2.45) is 0 Å². The lowest BCUT2D eigenvalue weighted by Crippen LogP contribution is -2.22. The Morgan fingerprint density at radius 2 is 1.65 bits per heavy atom. The van der Waals surface area contributed by atoms with Crippen molar-refractivity contribution in [1.29, 1.82) is 0 Å². The third-order valence-corrected chi connectivity index (χ3v) is 7.16. The van der Waals surface area contributed by atoms with Gasteiger partial charge in [-0.1, -0.05) is 54.6 Å². The van der Waals surface area contributed by atoms with E-state index in [2.05, 4.69) is 0 Å². The average molecular weight is 535 g/mol. The molecule has 0 spiro atoms. The number of ether oxygens (including phenoxy) is 3. The Balaban J connectivity index is 1.30. The number of carbonyl (C=O) groups excluding carboxylic acids is 1. The van der Waals surface area contributed by atoms with Crippen LogP contribution in [0.2, 0.25) is 0 Å². The molecule has 4 aromatic carbocycles. The lowest BCUT2D eigenvalue weighted by molar-refractivity contribution is -0.135. The minimum Gasteiger partial charge on any atom is -0.507 e. The van der Waals surface area contributed by atoms with E-state index in [0.717, 1.165) is 23.3 Å². The summed E-state index contributed by atoms with van der Waals surface area (Å²) in [5.41, 5.74) is 3.40. The Kier molecular flexibility index (Phi) is 6.70. The smallest absolute Gasteiger partial charge is 0.312 e. The summed E-state index contributed by atoms with van der Waals surface area (Å²) in [6.07, 6.45) is 2.20. The van der Waals surface area contributed by atoms with Gasteiger partial charge in [0.05, 0.1) is 25.7 Å². The fraction of sp³-hybridized carbons (Fsp3) is 0.152. The summed E-state index contributed by atoms with van der Waals surface area (Å²) in [6, 6.07) is 25.8. The Bertz CT molecular complexity index is 1740. The van der Waals surface area contributed by atoms with E-state index < -0.39 is 11.9 Å². The van der Waals surface area contributed by atoms with Crippen LogP contribution in [-0.2, 0) is 11.2 Å². The highest BCUT2D eigenvalue weighted by Crippen LogP contribution is 2.45. The van der Waals surface area contributed by atoms with Crippen molar-refractivity contribution in [2.45, 2.75) is 18.8 Å². The minimum atomic E-state index is -0.432. The number of hydrogen-bond acceptors (Lipinski definition) is 7. The van der Waals surface area contributed by atoms with Crippen molar-refractivity contribution >= 4 is 16.9 Å². The summed E-state index contributed by atoms with van der Waals surface area (Å²) in [6.45, 7) is 0.503. The molecule has 1 aliphatic rings. The van der Waals surface area contributed by atoms with Crippen molar-refractivity contribution in [3.8, 4) is 34.1 Å². The van der Waals surface area contributed by atoms with Crippen molar-refractivity contribution in [3.63, 3.8) is 0 Å². The number of hydrogen-bond donors (Lipinski definition) is 1. The van der Waals surface area contributed by atoms with Crippen LogP contribution >= 0.6 is 0 Å². The van der Waals surface area contributed by atoms with Gasteiger partial charge >= 0.3 is 5.97 Å². The molecule has 0 radical (unpaired) electrons. The van der Waals surface area contributed by atoms with Gasteiger partial charge in [-0.3, -0.25) is 9.59 Å². The number of fused-ring (bicyclic) bond motifs is 3. The molecule has 1 unspecified atom stereocenters. The number of carbonyl (C=O) groups is 1. The summed E-state index contributed by atoms with van der Waals surface area (Å²) in [5, 5.41) is 10.8. The van der Waals surface area contributed by atoms with E-state index >= 15 is 0 Å². The Morgan fingerprint density at radius 1 is 0.925 bits per heavy atom. The van der Waals surface area contributed by atoms with Gasteiger partial charge < -0.3 is 23.7 Å².